The van der Waals surface area contributed by atoms with E-state index < -0.39 is 0 Å². The summed E-state index contributed by atoms with van der Waals surface area (Å²) in [4.78, 5) is 2.26. The number of rotatable bonds is 8. The van der Waals surface area contributed by atoms with Gasteiger partial charge in [0.15, 0.2) is 0 Å². The fraction of sp³-hybridized carbons (Fsp3) is 0.625. The average molecular weight is 266 g/mol. The second-order valence-corrected chi connectivity index (χ2v) is 5.26. The summed E-state index contributed by atoms with van der Waals surface area (Å²) < 4.78 is 13.4. The van der Waals surface area contributed by atoms with E-state index in [2.05, 4.69) is 25.8 Å². The summed E-state index contributed by atoms with van der Waals surface area (Å²) in [6.45, 7) is 5.28. The molecular weight excluding hydrogens is 239 g/mol. The molecule has 0 aliphatic heterocycles. The molecule has 0 heterocycles. The highest BCUT2D eigenvalue weighted by Crippen LogP contribution is 2.24. The van der Waals surface area contributed by atoms with Crippen LogP contribution in [0.15, 0.2) is 24.3 Å². The summed E-state index contributed by atoms with van der Waals surface area (Å²) in [5.41, 5.74) is 7.22. The van der Waals surface area contributed by atoms with Crippen LogP contribution in [0.1, 0.15) is 51.1 Å². The lowest BCUT2D eigenvalue weighted by Crippen LogP contribution is -2.39. The Morgan fingerprint density at radius 1 is 1.26 bits per heavy atom. The minimum Gasteiger partial charge on any atom is -0.326 e. The van der Waals surface area contributed by atoms with Crippen molar-refractivity contribution in [1.82, 2.24) is 4.90 Å². The molecule has 0 saturated carbocycles. The first-order valence-corrected chi connectivity index (χ1v) is 7.31. The van der Waals surface area contributed by atoms with E-state index in [1.54, 1.807) is 12.1 Å². The van der Waals surface area contributed by atoms with Gasteiger partial charge in [0.2, 0.25) is 0 Å². The highest BCUT2D eigenvalue weighted by Gasteiger charge is 2.23. The lowest BCUT2D eigenvalue weighted by Gasteiger charge is -2.33. The van der Waals surface area contributed by atoms with Crippen LogP contribution in [0.25, 0.3) is 0 Å². The Labute approximate surface area is 116 Å². The van der Waals surface area contributed by atoms with Crippen molar-refractivity contribution in [2.24, 2.45) is 5.73 Å². The third-order valence-corrected chi connectivity index (χ3v) is 3.66. The van der Waals surface area contributed by atoms with Gasteiger partial charge in [-0.15, -0.1) is 0 Å². The second kappa shape index (κ2) is 8.28. The molecule has 108 valence electrons. The number of halogens is 1. The van der Waals surface area contributed by atoms with E-state index in [1.807, 2.05) is 6.07 Å². The summed E-state index contributed by atoms with van der Waals surface area (Å²) in [7, 11) is 2.08. The minimum absolute atomic E-state index is 0.0356. The van der Waals surface area contributed by atoms with E-state index in [0.29, 0.717) is 0 Å². The zero-order chi connectivity index (χ0) is 14.3. The zero-order valence-electron chi connectivity index (χ0n) is 12.4. The van der Waals surface area contributed by atoms with Crippen molar-refractivity contribution in [2.45, 2.75) is 51.6 Å². The number of hydrogen-bond donors (Lipinski definition) is 1. The standard InChI is InChI=1S/C16H27FN2/c1-4-6-7-11-19(3)16(15(18)5-2)13-9-8-10-14(17)12-13/h8-10,12,15-16H,4-7,11,18H2,1-3H3. The van der Waals surface area contributed by atoms with Crippen molar-refractivity contribution in [2.75, 3.05) is 13.6 Å². The first-order chi connectivity index (χ1) is 9.10. The fourth-order valence-corrected chi connectivity index (χ4v) is 2.49. The number of nitrogens with zero attached hydrogens (tertiary/aromatic N) is 1. The van der Waals surface area contributed by atoms with Gasteiger partial charge in [0.05, 0.1) is 0 Å². The summed E-state index contributed by atoms with van der Waals surface area (Å²) in [5.74, 6) is -0.187. The third kappa shape index (κ3) is 4.92. The highest BCUT2D eigenvalue weighted by atomic mass is 19.1. The first-order valence-electron chi connectivity index (χ1n) is 7.31. The lowest BCUT2D eigenvalue weighted by molar-refractivity contribution is 0.205. The topological polar surface area (TPSA) is 29.3 Å². The Bertz CT molecular complexity index is 368. The van der Waals surface area contributed by atoms with Crippen molar-refractivity contribution in [3.05, 3.63) is 35.6 Å². The van der Waals surface area contributed by atoms with Gasteiger partial charge in [-0.1, -0.05) is 38.8 Å². The Balaban J connectivity index is 2.82. The van der Waals surface area contributed by atoms with Crippen LogP contribution in [0.3, 0.4) is 0 Å². The van der Waals surface area contributed by atoms with Crippen LogP contribution in [0.5, 0.6) is 0 Å². The molecular formula is C16H27FN2. The van der Waals surface area contributed by atoms with Gasteiger partial charge in [-0.05, 0) is 44.1 Å². The van der Waals surface area contributed by atoms with Gasteiger partial charge in [0.1, 0.15) is 5.82 Å². The molecule has 0 aromatic heterocycles. The normalized spacial score (nSPS) is 14.6. The van der Waals surface area contributed by atoms with Gasteiger partial charge in [0.25, 0.3) is 0 Å². The molecule has 0 radical (unpaired) electrons. The summed E-state index contributed by atoms with van der Waals surface area (Å²) in [6.07, 6.45) is 4.48. The van der Waals surface area contributed by atoms with E-state index in [1.165, 1.54) is 18.9 Å². The SMILES string of the molecule is CCCCCN(C)C(c1cccc(F)c1)C(N)CC. The van der Waals surface area contributed by atoms with Crippen LogP contribution in [0, 0.1) is 5.82 Å². The van der Waals surface area contributed by atoms with Gasteiger partial charge in [-0.25, -0.2) is 4.39 Å². The maximum Gasteiger partial charge on any atom is 0.123 e. The number of hydrogen-bond acceptors (Lipinski definition) is 2. The van der Waals surface area contributed by atoms with E-state index in [9.17, 15) is 4.39 Å². The fourth-order valence-electron chi connectivity index (χ4n) is 2.49. The van der Waals surface area contributed by atoms with E-state index in [-0.39, 0.29) is 17.9 Å². The molecule has 0 saturated heterocycles. The third-order valence-electron chi connectivity index (χ3n) is 3.66. The number of benzene rings is 1. The van der Waals surface area contributed by atoms with Crippen LogP contribution in [0.4, 0.5) is 4.39 Å². The Morgan fingerprint density at radius 3 is 2.58 bits per heavy atom. The average Bonchev–Trinajstić information content (AvgIpc) is 2.39. The smallest absolute Gasteiger partial charge is 0.123 e. The van der Waals surface area contributed by atoms with Gasteiger partial charge < -0.3 is 5.73 Å². The molecule has 19 heavy (non-hydrogen) atoms. The highest BCUT2D eigenvalue weighted by molar-refractivity contribution is 5.21. The zero-order valence-corrected chi connectivity index (χ0v) is 12.4. The van der Waals surface area contributed by atoms with Crippen molar-refractivity contribution >= 4 is 0 Å². The van der Waals surface area contributed by atoms with Crippen LogP contribution in [0.2, 0.25) is 0 Å². The summed E-state index contributed by atoms with van der Waals surface area (Å²) in [5, 5.41) is 0. The van der Waals surface area contributed by atoms with Gasteiger partial charge in [0, 0.05) is 12.1 Å². The molecule has 0 fully saturated rings. The van der Waals surface area contributed by atoms with Crippen LogP contribution in [-0.2, 0) is 0 Å². The van der Waals surface area contributed by atoms with Crippen molar-refractivity contribution in [3.63, 3.8) is 0 Å². The van der Waals surface area contributed by atoms with E-state index in [4.69, 9.17) is 5.73 Å². The van der Waals surface area contributed by atoms with Gasteiger partial charge in [-0.3, -0.25) is 4.90 Å². The number of nitrogens with two attached hydrogens (primary N) is 1. The van der Waals surface area contributed by atoms with Gasteiger partial charge in [-0.2, -0.15) is 0 Å². The molecule has 0 amide bonds. The molecule has 0 aliphatic carbocycles. The Hall–Kier alpha value is -0.930. The molecule has 0 spiro atoms. The maximum absolute atomic E-state index is 13.4. The molecule has 0 aliphatic rings. The molecule has 2 N–H and O–H groups in total. The first kappa shape index (κ1) is 16.1. The lowest BCUT2D eigenvalue weighted by atomic mass is 9.96. The molecule has 2 atom stereocenters. The molecule has 3 heteroatoms. The molecule has 2 nitrogen and oxygen atoms in total. The Kier molecular flexibility index (Phi) is 7.03. The minimum atomic E-state index is -0.187. The predicted molar refractivity (Wildman–Crippen MR) is 79.6 cm³/mol. The van der Waals surface area contributed by atoms with Crippen molar-refractivity contribution < 1.29 is 4.39 Å². The summed E-state index contributed by atoms with van der Waals surface area (Å²) in [6, 6.07) is 6.96. The molecule has 1 aromatic rings. The van der Waals surface area contributed by atoms with Gasteiger partial charge >= 0.3 is 0 Å². The van der Waals surface area contributed by atoms with Crippen molar-refractivity contribution in [3.8, 4) is 0 Å². The molecule has 1 rings (SSSR count). The van der Waals surface area contributed by atoms with E-state index in [0.717, 1.165) is 24.9 Å². The number of unbranched alkanes of at least 4 members (excludes halogenated alkanes) is 2. The van der Waals surface area contributed by atoms with Crippen LogP contribution >= 0.6 is 0 Å². The van der Waals surface area contributed by atoms with Crippen LogP contribution in [-0.4, -0.2) is 24.5 Å². The second-order valence-electron chi connectivity index (χ2n) is 5.26. The summed E-state index contributed by atoms with van der Waals surface area (Å²) >= 11 is 0. The predicted octanol–water partition coefficient (Wildman–Crippen LogP) is 3.73. The van der Waals surface area contributed by atoms with Crippen molar-refractivity contribution in [1.29, 1.82) is 0 Å². The quantitative estimate of drug-likeness (QED) is 0.726. The Morgan fingerprint density at radius 2 is 2.00 bits per heavy atom. The molecule has 1 aromatic carbocycles. The molecule has 2 unspecified atom stereocenters. The monoisotopic (exact) mass is 266 g/mol. The van der Waals surface area contributed by atoms with Crippen LogP contribution < -0.4 is 5.73 Å². The number of likely N-dealkylation sites (N-methyl/N-ethyl adjacent to an activating group) is 1. The molecule has 0 bridgehead atoms. The maximum atomic E-state index is 13.4. The largest absolute Gasteiger partial charge is 0.326 e. The van der Waals surface area contributed by atoms with E-state index >= 15 is 0 Å².